The molecular formula is C20H27N3O3S. The zero-order valence-corrected chi connectivity index (χ0v) is 16.9. The molecule has 4 rings (SSSR count). The Bertz CT molecular complexity index is 788. The van der Waals surface area contributed by atoms with Crippen LogP contribution in [0.5, 0.6) is 0 Å². The number of carbonyl (C=O) groups excluding carboxylic acids is 1. The Hall–Kier alpha value is -1.70. The van der Waals surface area contributed by atoms with Crippen molar-refractivity contribution in [1.29, 1.82) is 0 Å². The average molecular weight is 390 g/mol. The van der Waals surface area contributed by atoms with Gasteiger partial charge in [0, 0.05) is 55.2 Å². The van der Waals surface area contributed by atoms with E-state index in [1.54, 1.807) is 11.3 Å². The largest absolute Gasteiger partial charge is 0.381 e. The van der Waals surface area contributed by atoms with Crippen LogP contribution < -0.4 is 5.32 Å². The first kappa shape index (κ1) is 18.7. The predicted molar refractivity (Wildman–Crippen MR) is 104 cm³/mol. The molecule has 1 saturated heterocycles. The first-order valence-corrected chi connectivity index (χ1v) is 10.6. The number of fused-ring (bicyclic) bond motifs is 1. The molecule has 0 saturated carbocycles. The topological polar surface area (TPSA) is 67.6 Å². The van der Waals surface area contributed by atoms with Gasteiger partial charge >= 0.3 is 0 Å². The first-order valence-electron chi connectivity index (χ1n) is 9.71. The lowest BCUT2D eigenvalue weighted by Crippen LogP contribution is -2.31. The molecule has 7 heteroatoms. The molecule has 0 unspecified atom stereocenters. The van der Waals surface area contributed by atoms with Crippen molar-refractivity contribution in [3.63, 3.8) is 0 Å². The summed E-state index contributed by atoms with van der Waals surface area (Å²) in [5, 5.41) is 9.18. The van der Waals surface area contributed by atoms with Crippen LogP contribution in [0.15, 0.2) is 9.90 Å². The summed E-state index contributed by atoms with van der Waals surface area (Å²) in [6.45, 7) is 9.08. The van der Waals surface area contributed by atoms with E-state index in [0.29, 0.717) is 5.92 Å². The maximum Gasteiger partial charge on any atom is 0.252 e. The lowest BCUT2D eigenvalue weighted by Gasteiger charge is -2.27. The minimum Gasteiger partial charge on any atom is -0.381 e. The lowest BCUT2D eigenvalue weighted by molar-refractivity contribution is 0.0949. The monoisotopic (exact) mass is 389 g/mol. The van der Waals surface area contributed by atoms with E-state index in [-0.39, 0.29) is 5.91 Å². The summed E-state index contributed by atoms with van der Waals surface area (Å²) < 4.78 is 10.7. The second kappa shape index (κ2) is 8.12. The van der Waals surface area contributed by atoms with E-state index in [2.05, 4.69) is 15.4 Å². The Labute approximate surface area is 163 Å². The number of nitrogens with one attached hydrogen (secondary N) is 1. The maximum absolute atomic E-state index is 12.6. The fourth-order valence-electron chi connectivity index (χ4n) is 3.95. The Morgan fingerprint density at radius 3 is 3.07 bits per heavy atom. The molecule has 6 nitrogen and oxygen atoms in total. The smallest absolute Gasteiger partial charge is 0.252 e. The highest BCUT2D eigenvalue weighted by atomic mass is 32.1. The molecule has 0 aromatic carbocycles. The summed E-state index contributed by atoms with van der Waals surface area (Å²) in [7, 11) is 0. The van der Waals surface area contributed by atoms with Gasteiger partial charge in [0.15, 0.2) is 0 Å². The number of aryl methyl sites for hydroxylation is 2. The predicted octanol–water partition coefficient (Wildman–Crippen LogP) is 3.07. The number of rotatable bonds is 6. The third-order valence-corrected chi connectivity index (χ3v) is 6.71. The average Bonchev–Trinajstić information content (AvgIpc) is 3.38. The van der Waals surface area contributed by atoms with Gasteiger partial charge in [-0.2, -0.15) is 0 Å². The van der Waals surface area contributed by atoms with Gasteiger partial charge in [-0.3, -0.25) is 9.69 Å². The third kappa shape index (κ3) is 4.10. The van der Waals surface area contributed by atoms with Gasteiger partial charge in [-0.25, -0.2) is 0 Å². The van der Waals surface area contributed by atoms with Crippen LogP contribution in [-0.4, -0.2) is 42.3 Å². The van der Waals surface area contributed by atoms with E-state index in [4.69, 9.17) is 9.26 Å². The Balaban J connectivity index is 1.34. The molecule has 0 bridgehead atoms. The molecule has 2 aliphatic rings. The van der Waals surface area contributed by atoms with E-state index < -0.39 is 0 Å². The van der Waals surface area contributed by atoms with E-state index in [1.165, 1.54) is 16.0 Å². The van der Waals surface area contributed by atoms with Gasteiger partial charge in [-0.1, -0.05) is 5.16 Å². The van der Waals surface area contributed by atoms with Crippen molar-refractivity contribution in [1.82, 2.24) is 15.4 Å². The first-order chi connectivity index (χ1) is 13.1. The van der Waals surface area contributed by atoms with Gasteiger partial charge in [0.25, 0.3) is 5.91 Å². The van der Waals surface area contributed by atoms with Crippen LogP contribution >= 0.6 is 11.3 Å². The summed E-state index contributed by atoms with van der Waals surface area (Å²) in [6, 6.07) is 0. The SMILES string of the molecule is Cc1noc(C)c1CN1CCc2c(C(=O)NCC[C@H]3CCOC3)csc2C1. The molecule has 0 aliphatic carbocycles. The second-order valence-electron chi connectivity index (χ2n) is 7.59. The van der Waals surface area contributed by atoms with Crippen LogP contribution in [-0.2, 0) is 24.2 Å². The molecule has 1 amide bonds. The van der Waals surface area contributed by atoms with Gasteiger partial charge in [0.05, 0.1) is 11.3 Å². The number of nitrogens with zero attached hydrogens (tertiary/aromatic N) is 2. The van der Waals surface area contributed by atoms with Crippen LogP contribution in [0.1, 0.15) is 50.7 Å². The van der Waals surface area contributed by atoms with E-state index in [9.17, 15) is 4.79 Å². The van der Waals surface area contributed by atoms with Gasteiger partial charge in [0.1, 0.15) is 5.76 Å². The molecule has 2 aliphatic heterocycles. The van der Waals surface area contributed by atoms with Gasteiger partial charge in [0.2, 0.25) is 0 Å². The van der Waals surface area contributed by atoms with Crippen LogP contribution in [0.4, 0.5) is 0 Å². The van der Waals surface area contributed by atoms with Gasteiger partial charge in [-0.05, 0) is 44.6 Å². The number of hydrogen-bond donors (Lipinski definition) is 1. The van der Waals surface area contributed by atoms with Crippen molar-refractivity contribution in [3.05, 3.63) is 38.4 Å². The number of hydrogen-bond acceptors (Lipinski definition) is 6. The molecule has 2 aromatic heterocycles. The zero-order valence-electron chi connectivity index (χ0n) is 16.0. The molecule has 1 fully saturated rings. The maximum atomic E-state index is 12.6. The molecule has 1 atom stereocenters. The molecule has 0 radical (unpaired) electrons. The summed E-state index contributed by atoms with van der Waals surface area (Å²) in [5.74, 6) is 1.57. The summed E-state index contributed by atoms with van der Waals surface area (Å²) in [6.07, 6.45) is 3.04. The molecular weight excluding hydrogens is 362 g/mol. The number of carbonyl (C=O) groups is 1. The highest BCUT2D eigenvalue weighted by molar-refractivity contribution is 7.10. The van der Waals surface area contributed by atoms with Gasteiger partial charge < -0.3 is 14.6 Å². The number of ether oxygens (including phenoxy) is 1. The van der Waals surface area contributed by atoms with E-state index in [1.807, 2.05) is 19.2 Å². The zero-order chi connectivity index (χ0) is 18.8. The number of thiophene rings is 1. The Morgan fingerprint density at radius 1 is 1.44 bits per heavy atom. The Kier molecular flexibility index (Phi) is 5.61. The highest BCUT2D eigenvalue weighted by Crippen LogP contribution is 2.30. The van der Waals surface area contributed by atoms with Crippen LogP contribution in [0.25, 0.3) is 0 Å². The van der Waals surface area contributed by atoms with Gasteiger partial charge in [-0.15, -0.1) is 11.3 Å². The summed E-state index contributed by atoms with van der Waals surface area (Å²) in [5.41, 5.74) is 4.26. The van der Waals surface area contributed by atoms with Crippen molar-refractivity contribution in [3.8, 4) is 0 Å². The number of amides is 1. The molecule has 2 aromatic rings. The number of aromatic nitrogens is 1. The van der Waals surface area contributed by atoms with Crippen molar-refractivity contribution in [2.24, 2.45) is 5.92 Å². The molecule has 4 heterocycles. The van der Waals surface area contributed by atoms with Crippen molar-refractivity contribution < 1.29 is 14.1 Å². The summed E-state index contributed by atoms with van der Waals surface area (Å²) >= 11 is 1.70. The summed E-state index contributed by atoms with van der Waals surface area (Å²) in [4.78, 5) is 16.3. The normalized spacial score (nSPS) is 20.0. The minimum absolute atomic E-state index is 0.0746. The highest BCUT2D eigenvalue weighted by Gasteiger charge is 2.25. The third-order valence-electron chi connectivity index (χ3n) is 5.70. The Morgan fingerprint density at radius 2 is 2.33 bits per heavy atom. The van der Waals surface area contributed by atoms with Crippen molar-refractivity contribution in [2.75, 3.05) is 26.3 Å². The fraction of sp³-hybridized carbons (Fsp3) is 0.600. The second-order valence-corrected chi connectivity index (χ2v) is 8.55. The minimum atomic E-state index is 0.0746. The van der Waals surface area contributed by atoms with Crippen LogP contribution in [0, 0.1) is 19.8 Å². The van der Waals surface area contributed by atoms with Crippen LogP contribution in [0.2, 0.25) is 0 Å². The lowest BCUT2D eigenvalue weighted by atomic mass is 10.0. The van der Waals surface area contributed by atoms with Crippen LogP contribution in [0.3, 0.4) is 0 Å². The molecule has 27 heavy (non-hydrogen) atoms. The van der Waals surface area contributed by atoms with Crippen molar-refractivity contribution in [2.45, 2.75) is 46.2 Å². The van der Waals surface area contributed by atoms with E-state index >= 15 is 0 Å². The van der Waals surface area contributed by atoms with E-state index in [0.717, 1.165) is 75.7 Å². The molecule has 146 valence electrons. The quantitative estimate of drug-likeness (QED) is 0.822. The fourth-order valence-corrected chi connectivity index (χ4v) is 5.07. The van der Waals surface area contributed by atoms with Crippen molar-refractivity contribution >= 4 is 17.2 Å². The standard InChI is InChI=1S/C20H27N3O3S/c1-13-17(14(2)26-22-13)9-23-7-4-16-18(12-27-19(16)10-23)20(24)21-6-3-15-5-8-25-11-15/h12,15H,3-11H2,1-2H3,(H,21,24)/t15-/m0/s1. The molecule has 1 N–H and O–H groups in total. The molecule has 0 spiro atoms.